The van der Waals surface area contributed by atoms with Crippen LogP contribution in [0.15, 0.2) is 16.8 Å². The van der Waals surface area contributed by atoms with E-state index in [-0.39, 0.29) is 17.7 Å². The molecule has 0 radical (unpaired) electrons. The molecule has 0 saturated heterocycles. The normalized spacial score (nSPS) is 17.7. The largest absolute Gasteiger partial charge is 0.321 e. The monoisotopic (exact) mass is 180 g/mol. The fourth-order valence-electron chi connectivity index (χ4n) is 1.33. The van der Waals surface area contributed by atoms with Crippen LogP contribution in [0, 0.1) is 5.92 Å². The minimum absolute atomic E-state index is 0.0259. The molecular formula is C10H16N2O. The van der Waals surface area contributed by atoms with Gasteiger partial charge >= 0.3 is 0 Å². The van der Waals surface area contributed by atoms with Gasteiger partial charge in [-0.05, 0) is 12.0 Å². The number of nitrogens with zero attached hydrogens (tertiary/aromatic N) is 1. The Labute approximate surface area is 78.7 Å². The van der Waals surface area contributed by atoms with Gasteiger partial charge in [0.25, 0.3) is 0 Å². The molecule has 1 atom stereocenters. The van der Waals surface area contributed by atoms with Crippen molar-refractivity contribution in [2.75, 3.05) is 0 Å². The molecular weight excluding hydrogens is 164 g/mol. The molecule has 0 aromatic rings. The summed E-state index contributed by atoms with van der Waals surface area (Å²) in [6, 6.07) is -0.354. The second-order valence-corrected chi connectivity index (χ2v) is 3.69. The van der Waals surface area contributed by atoms with Crippen molar-refractivity contribution in [3.63, 3.8) is 0 Å². The third-order valence-corrected chi connectivity index (χ3v) is 2.13. The van der Waals surface area contributed by atoms with E-state index in [1.54, 1.807) is 6.20 Å². The van der Waals surface area contributed by atoms with Crippen molar-refractivity contribution in [3.8, 4) is 0 Å². The molecule has 0 spiro atoms. The average molecular weight is 180 g/mol. The van der Waals surface area contributed by atoms with Gasteiger partial charge in [-0.2, -0.15) is 0 Å². The van der Waals surface area contributed by atoms with Crippen molar-refractivity contribution < 1.29 is 4.79 Å². The first-order valence-corrected chi connectivity index (χ1v) is 4.60. The number of rotatable bonds is 4. The van der Waals surface area contributed by atoms with Gasteiger partial charge in [-0.1, -0.05) is 13.8 Å². The van der Waals surface area contributed by atoms with Crippen LogP contribution in [0.25, 0.3) is 0 Å². The molecule has 13 heavy (non-hydrogen) atoms. The molecule has 1 aliphatic rings. The van der Waals surface area contributed by atoms with E-state index in [2.05, 4.69) is 4.99 Å². The fraction of sp³-hybridized carbons (Fsp3) is 0.600. The van der Waals surface area contributed by atoms with Gasteiger partial charge in [-0.3, -0.25) is 9.79 Å². The molecule has 2 N–H and O–H groups in total. The van der Waals surface area contributed by atoms with Crippen LogP contribution in [0.2, 0.25) is 0 Å². The molecule has 1 aliphatic heterocycles. The van der Waals surface area contributed by atoms with Gasteiger partial charge in [0.1, 0.15) is 0 Å². The SMILES string of the molecule is CC(C)C(=O)[C@@H](N)CC1=CN=CC1. The molecule has 1 heterocycles. The van der Waals surface area contributed by atoms with Gasteiger partial charge in [-0.25, -0.2) is 0 Å². The van der Waals surface area contributed by atoms with Crippen molar-refractivity contribution in [3.05, 3.63) is 11.8 Å². The number of carbonyl (C=O) groups is 1. The van der Waals surface area contributed by atoms with E-state index in [0.717, 1.165) is 12.0 Å². The molecule has 0 unspecified atom stereocenters. The van der Waals surface area contributed by atoms with Crippen LogP contribution >= 0.6 is 0 Å². The van der Waals surface area contributed by atoms with E-state index >= 15 is 0 Å². The second-order valence-electron chi connectivity index (χ2n) is 3.69. The molecule has 0 fully saturated rings. The Morgan fingerprint density at radius 1 is 1.69 bits per heavy atom. The van der Waals surface area contributed by atoms with Crippen LogP contribution in [0.3, 0.4) is 0 Å². The van der Waals surface area contributed by atoms with Crippen LogP contribution < -0.4 is 5.73 Å². The van der Waals surface area contributed by atoms with Crippen molar-refractivity contribution in [2.24, 2.45) is 16.6 Å². The van der Waals surface area contributed by atoms with E-state index in [0.29, 0.717) is 6.42 Å². The predicted molar refractivity (Wildman–Crippen MR) is 53.6 cm³/mol. The average Bonchev–Trinajstić information content (AvgIpc) is 2.55. The number of aliphatic imine (C=N–C) groups is 1. The second kappa shape index (κ2) is 4.33. The fourth-order valence-corrected chi connectivity index (χ4v) is 1.33. The zero-order valence-electron chi connectivity index (χ0n) is 8.16. The Morgan fingerprint density at radius 2 is 2.38 bits per heavy atom. The topological polar surface area (TPSA) is 55.5 Å². The Balaban J connectivity index is 2.41. The predicted octanol–water partition coefficient (Wildman–Crippen LogP) is 1.29. The standard InChI is InChI=1S/C10H16N2O/c1-7(2)10(13)9(11)5-8-3-4-12-6-8/h4,6-7,9H,3,5,11H2,1-2H3/t9-/m0/s1. The van der Waals surface area contributed by atoms with E-state index in [1.165, 1.54) is 0 Å². The van der Waals surface area contributed by atoms with E-state index in [4.69, 9.17) is 5.73 Å². The molecule has 3 nitrogen and oxygen atoms in total. The third kappa shape index (κ3) is 2.77. The molecule has 0 amide bonds. The maximum absolute atomic E-state index is 11.4. The molecule has 0 aromatic carbocycles. The Hall–Kier alpha value is -0.960. The van der Waals surface area contributed by atoms with E-state index in [1.807, 2.05) is 20.1 Å². The van der Waals surface area contributed by atoms with Crippen molar-refractivity contribution in [1.82, 2.24) is 0 Å². The summed E-state index contributed by atoms with van der Waals surface area (Å²) in [5, 5.41) is 0. The lowest BCUT2D eigenvalue weighted by molar-refractivity contribution is -0.123. The number of carbonyl (C=O) groups excluding carboxylic acids is 1. The van der Waals surface area contributed by atoms with Gasteiger partial charge < -0.3 is 5.73 Å². The summed E-state index contributed by atoms with van der Waals surface area (Å²) in [4.78, 5) is 15.4. The summed E-state index contributed by atoms with van der Waals surface area (Å²) < 4.78 is 0. The lowest BCUT2D eigenvalue weighted by Gasteiger charge is -2.12. The summed E-state index contributed by atoms with van der Waals surface area (Å²) in [6.07, 6.45) is 5.13. The number of nitrogens with two attached hydrogens (primary N) is 1. The van der Waals surface area contributed by atoms with Crippen LogP contribution in [0.1, 0.15) is 26.7 Å². The number of Topliss-reactive ketones (excluding diaryl/α,β-unsaturated/α-hetero) is 1. The first-order chi connectivity index (χ1) is 6.11. The van der Waals surface area contributed by atoms with Crippen LogP contribution in [0.4, 0.5) is 0 Å². The summed E-state index contributed by atoms with van der Waals surface area (Å²) >= 11 is 0. The molecule has 0 aliphatic carbocycles. The molecule has 1 rings (SSSR count). The zero-order chi connectivity index (χ0) is 9.84. The van der Waals surface area contributed by atoms with E-state index < -0.39 is 0 Å². The maximum Gasteiger partial charge on any atom is 0.152 e. The first kappa shape index (κ1) is 10.1. The maximum atomic E-state index is 11.4. The quantitative estimate of drug-likeness (QED) is 0.708. The van der Waals surface area contributed by atoms with Gasteiger partial charge in [0, 0.05) is 24.8 Å². The highest BCUT2D eigenvalue weighted by molar-refractivity contribution is 5.86. The number of hydrogen-bond acceptors (Lipinski definition) is 3. The Morgan fingerprint density at radius 3 is 2.85 bits per heavy atom. The summed E-state index contributed by atoms with van der Waals surface area (Å²) in [5.74, 6) is 0.158. The lowest BCUT2D eigenvalue weighted by atomic mass is 9.96. The number of ketones is 1. The Kier molecular flexibility index (Phi) is 3.37. The van der Waals surface area contributed by atoms with Crippen molar-refractivity contribution in [2.45, 2.75) is 32.7 Å². The summed E-state index contributed by atoms with van der Waals surface area (Å²) in [7, 11) is 0. The lowest BCUT2D eigenvalue weighted by Crippen LogP contribution is -2.33. The summed E-state index contributed by atoms with van der Waals surface area (Å²) in [5.41, 5.74) is 6.91. The molecule has 72 valence electrons. The van der Waals surface area contributed by atoms with Gasteiger partial charge in [0.15, 0.2) is 5.78 Å². The van der Waals surface area contributed by atoms with Crippen LogP contribution in [-0.4, -0.2) is 18.0 Å². The number of hydrogen-bond donors (Lipinski definition) is 1. The highest BCUT2D eigenvalue weighted by atomic mass is 16.1. The van der Waals surface area contributed by atoms with Crippen molar-refractivity contribution >= 4 is 12.0 Å². The first-order valence-electron chi connectivity index (χ1n) is 4.60. The zero-order valence-corrected chi connectivity index (χ0v) is 8.16. The van der Waals surface area contributed by atoms with Crippen LogP contribution in [0.5, 0.6) is 0 Å². The van der Waals surface area contributed by atoms with Gasteiger partial charge in [-0.15, -0.1) is 0 Å². The van der Waals surface area contributed by atoms with Crippen LogP contribution in [-0.2, 0) is 4.79 Å². The van der Waals surface area contributed by atoms with Crippen molar-refractivity contribution in [1.29, 1.82) is 0 Å². The minimum atomic E-state index is -0.354. The molecule has 0 bridgehead atoms. The Bertz CT molecular complexity index is 254. The third-order valence-electron chi connectivity index (χ3n) is 2.13. The van der Waals surface area contributed by atoms with Gasteiger partial charge in [0.05, 0.1) is 6.04 Å². The molecule has 0 aromatic heterocycles. The smallest absolute Gasteiger partial charge is 0.152 e. The highest BCUT2D eigenvalue weighted by Gasteiger charge is 2.18. The molecule has 3 heteroatoms. The van der Waals surface area contributed by atoms with Gasteiger partial charge in [0.2, 0.25) is 0 Å². The minimum Gasteiger partial charge on any atom is -0.321 e. The highest BCUT2D eigenvalue weighted by Crippen LogP contribution is 2.14. The van der Waals surface area contributed by atoms with E-state index in [9.17, 15) is 4.79 Å². The summed E-state index contributed by atoms with van der Waals surface area (Å²) in [6.45, 7) is 3.75. The molecule has 0 saturated carbocycles.